The lowest BCUT2D eigenvalue weighted by molar-refractivity contribution is 0.0310. The molecule has 0 aromatic heterocycles. The number of halogens is 1. The Bertz CT molecular complexity index is 350. The molecule has 1 fully saturated rings. The molecule has 24 heavy (non-hydrogen) atoms. The standard InChI is InChI=1S/C18H38N4O.HI/c1-6-19-17(21-15-18(3,4)23-5)20-12-8-10-14-22-13-9-7-11-16(22)2;/h16H,6-15H2,1-5H3,(H2,19,20,21);1H. The maximum atomic E-state index is 5.42. The van der Waals surface area contributed by atoms with Crippen LogP contribution in [0.2, 0.25) is 0 Å². The molecule has 144 valence electrons. The van der Waals surface area contributed by atoms with Crippen molar-refractivity contribution >= 4 is 29.9 Å². The highest BCUT2D eigenvalue weighted by atomic mass is 127. The van der Waals surface area contributed by atoms with Crippen molar-refractivity contribution in [3.63, 3.8) is 0 Å². The van der Waals surface area contributed by atoms with Gasteiger partial charge in [0.25, 0.3) is 0 Å². The Kier molecular flexibility index (Phi) is 13.1. The normalized spacial score (nSPS) is 19.7. The minimum absolute atomic E-state index is 0. The number of piperidine rings is 1. The number of aliphatic imine (C=N–C) groups is 1. The van der Waals surface area contributed by atoms with Gasteiger partial charge in [-0.3, -0.25) is 4.99 Å². The highest BCUT2D eigenvalue weighted by Gasteiger charge is 2.17. The third-order valence-electron chi connectivity index (χ3n) is 4.62. The van der Waals surface area contributed by atoms with E-state index < -0.39 is 0 Å². The van der Waals surface area contributed by atoms with E-state index in [0.717, 1.165) is 25.1 Å². The van der Waals surface area contributed by atoms with Gasteiger partial charge in [0.2, 0.25) is 0 Å². The summed E-state index contributed by atoms with van der Waals surface area (Å²) in [5.74, 6) is 0.893. The van der Waals surface area contributed by atoms with E-state index >= 15 is 0 Å². The topological polar surface area (TPSA) is 48.9 Å². The Morgan fingerprint density at radius 2 is 2.00 bits per heavy atom. The van der Waals surface area contributed by atoms with Gasteiger partial charge in [-0.1, -0.05) is 6.42 Å². The van der Waals surface area contributed by atoms with E-state index in [9.17, 15) is 0 Å². The summed E-state index contributed by atoms with van der Waals surface area (Å²) in [5, 5.41) is 6.73. The second-order valence-corrected chi connectivity index (χ2v) is 7.17. The summed E-state index contributed by atoms with van der Waals surface area (Å²) in [6.45, 7) is 13.6. The van der Waals surface area contributed by atoms with Gasteiger partial charge >= 0.3 is 0 Å². The van der Waals surface area contributed by atoms with Gasteiger partial charge in [0.1, 0.15) is 0 Å². The summed E-state index contributed by atoms with van der Waals surface area (Å²) in [7, 11) is 1.73. The van der Waals surface area contributed by atoms with E-state index in [4.69, 9.17) is 4.74 Å². The van der Waals surface area contributed by atoms with Gasteiger partial charge in [0.15, 0.2) is 5.96 Å². The van der Waals surface area contributed by atoms with Gasteiger partial charge in [0.05, 0.1) is 12.1 Å². The first-order valence-electron chi connectivity index (χ1n) is 9.30. The minimum Gasteiger partial charge on any atom is -0.377 e. The smallest absolute Gasteiger partial charge is 0.191 e. The largest absolute Gasteiger partial charge is 0.377 e. The molecule has 2 N–H and O–H groups in total. The third-order valence-corrected chi connectivity index (χ3v) is 4.62. The molecule has 0 saturated carbocycles. The monoisotopic (exact) mass is 454 g/mol. The fourth-order valence-electron chi connectivity index (χ4n) is 2.81. The molecule has 0 bridgehead atoms. The second kappa shape index (κ2) is 13.2. The Morgan fingerprint density at radius 1 is 1.25 bits per heavy atom. The molecule has 1 aliphatic heterocycles. The predicted molar refractivity (Wildman–Crippen MR) is 115 cm³/mol. The third kappa shape index (κ3) is 10.0. The van der Waals surface area contributed by atoms with Crippen LogP contribution in [0.1, 0.15) is 59.8 Å². The molecule has 1 heterocycles. The van der Waals surface area contributed by atoms with Crippen molar-refractivity contribution in [2.24, 2.45) is 4.99 Å². The molecule has 6 heteroatoms. The van der Waals surface area contributed by atoms with Crippen molar-refractivity contribution in [3.05, 3.63) is 0 Å². The highest BCUT2D eigenvalue weighted by Crippen LogP contribution is 2.16. The Hall–Kier alpha value is -0.0800. The van der Waals surface area contributed by atoms with Crippen molar-refractivity contribution in [1.82, 2.24) is 15.5 Å². The first-order chi connectivity index (χ1) is 11.0. The lowest BCUT2D eigenvalue weighted by atomic mass is 10.0. The van der Waals surface area contributed by atoms with Gasteiger partial charge in [-0.15, -0.1) is 24.0 Å². The van der Waals surface area contributed by atoms with Crippen molar-refractivity contribution in [3.8, 4) is 0 Å². The first-order valence-corrected chi connectivity index (χ1v) is 9.30. The molecule has 1 atom stereocenters. The molecular formula is C18H39IN4O. The molecule has 1 saturated heterocycles. The van der Waals surface area contributed by atoms with Crippen LogP contribution in [0.4, 0.5) is 0 Å². The molecule has 0 aromatic carbocycles. The average molecular weight is 454 g/mol. The molecule has 5 nitrogen and oxygen atoms in total. The van der Waals surface area contributed by atoms with Crippen molar-refractivity contribution in [2.45, 2.75) is 71.4 Å². The van der Waals surface area contributed by atoms with Crippen molar-refractivity contribution in [2.75, 3.05) is 39.8 Å². The summed E-state index contributed by atoms with van der Waals surface area (Å²) in [5.41, 5.74) is -0.216. The van der Waals surface area contributed by atoms with E-state index in [0.29, 0.717) is 6.54 Å². The fourth-order valence-corrected chi connectivity index (χ4v) is 2.81. The van der Waals surface area contributed by atoms with Crippen molar-refractivity contribution < 1.29 is 4.74 Å². The number of nitrogens with zero attached hydrogens (tertiary/aromatic N) is 2. The van der Waals surface area contributed by atoms with Crippen LogP contribution >= 0.6 is 24.0 Å². The number of guanidine groups is 1. The first kappa shape index (κ1) is 23.9. The summed E-state index contributed by atoms with van der Waals surface area (Å²) in [6.07, 6.45) is 6.57. The van der Waals surface area contributed by atoms with Gasteiger partial charge in [-0.05, 0) is 66.5 Å². The van der Waals surface area contributed by atoms with Crippen LogP contribution in [0.25, 0.3) is 0 Å². The Balaban J connectivity index is 0.00000529. The number of hydrogen-bond acceptors (Lipinski definition) is 3. The molecule has 1 aliphatic rings. The number of unbranched alkanes of at least 4 members (excludes halogenated alkanes) is 1. The number of nitrogens with one attached hydrogen (secondary N) is 2. The highest BCUT2D eigenvalue weighted by molar-refractivity contribution is 14.0. The lowest BCUT2D eigenvalue weighted by Gasteiger charge is -2.33. The van der Waals surface area contributed by atoms with Crippen LogP contribution in [0.5, 0.6) is 0 Å². The van der Waals surface area contributed by atoms with E-state index in [1.165, 1.54) is 45.2 Å². The van der Waals surface area contributed by atoms with Crippen molar-refractivity contribution in [1.29, 1.82) is 0 Å². The van der Waals surface area contributed by atoms with E-state index in [1.54, 1.807) is 7.11 Å². The van der Waals surface area contributed by atoms with Crippen LogP contribution in [0.3, 0.4) is 0 Å². The lowest BCUT2D eigenvalue weighted by Crippen LogP contribution is -2.40. The maximum Gasteiger partial charge on any atom is 0.191 e. The Labute approximate surface area is 166 Å². The van der Waals surface area contributed by atoms with Crippen LogP contribution in [-0.2, 0) is 4.74 Å². The number of methoxy groups -OCH3 is 1. The van der Waals surface area contributed by atoms with E-state index in [-0.39, 0.29) is 29.6 Å². The fraction of sp³-hybridized carbons (Fsp3) is 0.944. The summed E-state index contributed by atoms with van der Waals surface area (Å²) < 4.78 is 5.42. The van der Waals surface area contributed by atoms with Gasteiger partial charge in [-0.2, -0.15) is 0 Å². The quantitative estimate of drug-likeness (QED) is 0.243. The molecule has 0 radical (unpaired) electrons. The molecule has 0 spiro atoms. The van der Waals surface area contributed by atoms with E-state index in [1.807, 2.05) is 0 Å². The second-order valence-electron chi connectivity index (χ2n) is 7.17. The Morgan fingerprint density at radius 3 is 2.62 bits per heavy atom. The summed E-state index contributed by atoms with van der Waals surface area (Å²) in [4.78, 5) is 7.26. The molecule has 0 aromatic rings. The zero-order chi connectivity index (χ0) is 17.1. The zero-order valence-corrected chi connectivity index (χ0v) is 18.7. The number of likely N-dealkylation sites (tertiary alicyclic amines) is 1. The SMILES string of the molecule is CCNC(=NCC(C)(C)OC)NCCCCN1CCCCC1C.I. The number of ether oxygens (including phenoxy) is 1. The van der Waals surface area contributed by atoms with Gasteiger partial charge in [-0.25, -0.2) is 0 Å². The maximum absolute atomic E-state index is 5.42. The van der Waals surface area contributed by atoms with Crippen LogP contribution in [-0.4, -0.2) is 62.3 Å². The van der Waals surface area contributed by atoms with Crippen LogP contribution in [0.15, 0.2) is 4.99 Å². The molecule has 0 amide bonds. The zero-order valence-electron chi connectivity index (χ0n) is 16.4. The minimum atomic E-state index is -0.216. The van der Waals surface area contributed by atoms with Crippen LogP contribution < -0.4 is 10.6 Å². The van der Waals surface area contributed by atoms with E-state index in [2.05, 4.69) is 48.2 Å². The summed E-state index contributed by atoms with van der Waals surface area (Å²) in [6, 6.07) is 0.770. The molecular weight excluding hydrogens is 415 g/mol. The molecule has 1 rings (SSSR count). The average Bonchev–Trinajstić information content (AvgIpc) is 2.54. The molecule has 0 aliphatic carbocycles. The molecule has 1 unspecified atom stereocenters. The van der Waals surface area contributed by atoms with Gasteiger partial charge < -0.3 is 20.3 Å². The van der Waals surface area contributed by atoms with Crippen LogP contribution in [0, 0.1) is 0 Å². The number of hydrogen-bond donors (Lipinski definition) is 2. The van der Waals surface area contributed by atoms with Gasteiger partial charge in [0, 0.05) is 26.2 Å². The summed E-state index contributed by atoms with van der Waals surface area (Å²) >= 11 is 0. The number of rotatable bonds is 9. The predicted octanol–water partition coefficient (Wildman–Crippen LogP) is 3.24.